The molecule has 0 saturated carbocycles. The molecule has 28 heavy (non-hydrogen) atoms. The van der Waals surface area contributed by atoms with Crippen LogP contribution in [0.4, 0.5) is 0 Å². The average Bonchev–Trinajstić information content (AvgIpc) is 3.14. The first-order valence-corrected chi connectivity index (χ1v) is 10.5. The van der Waals surface area contributed by atoms with Crippen LogP contribution in [0.3, 0.4) is 0 Å². The first-order chi connectivity index (χ1) is 13.6. The number of aromatic nitrogens is 3. The van der Waals surface area contributed by atoms with Crippen molar-refractivity contribution in [2.24, 2.45) is 0 Å². The van der Waals surface area contributed by atoms with E-state index in [-0.39, 0.29) is 0 Å². The van der Waals surface area contributed by atoms with Crippen LogP contribution in [0.5, 0.6) is 0 Å². The molecule has 4 rings (SSSR count). The Morgan fingerprint density at radius 3 is 2.32 bits per heavy atom. The number of hydrogen-bond donors (Lipinski definition) is 0. The van der Waals surface area contributed by atoms with Crippen molar-refractivity contribution < 1.29 is 0 Å². The van der Waals surface area contributed by atoms with Crippen molar-refractivity contribution in [3.63, 3.8) is 0 Å². The number of thioether (sulfide) groups is 1. The lowest BCUT2D eigenvalue weighted by Gasteiger charge is -2.11. The average molecular weight is 426 g/mol. The lowest BCUT2D eigenvalue weighted by Crippen LogP contribution is -2.00. The van der Waals surface area contributed by atoms with Crippen LogP contribution in [0.2, 0.25) is 10.0 Å². The normalized spacial score (nSPS) is 11.0. The topological polar surface area (TPSA) is 30.7 Å². The maximum Gasteiger partial charge on any atom is 0.196 e. The van der Waals surface area contributed by atoms with Gasteiger partial charge in [0.1, 0.15) is 0 Å². The molecule has 140 valence electrons. The molecule has 1 aromatic heterocycles. The number of aryl methyl sites for hydroxylation is 1. The number of rotatable bonds is 5. The fraction of sp³-hybridized carbons (Fsp3) is 0.0909. The summed E-state index contributed by atoms with van der Waals surface area (Å²) in [5.74, 6) is 1.54. The van der Waals surface area contributed by atoms with Gasteiger partial charge < -0.3 is 0 Å². The van der Waals surface area contributed by atoms with Crippen LogP contribution < -0.4 is 0 Å². The van der Waals surface area contributed by atoms with Crippen LogP contribution in [-0.2, 0) is 5.75 Å². The highest BCUT2D eigenvalue weighted by Crippen LogP contribution is 2.31. The van der Waals surface area contributed by atoms with Gasteiger partial charge in [-0.3, -0.25) is 4.57 Å². The molecular weight excluding hydrogens is 409 g/mol. The zero-order valence-corrected chi connectivity index (χ0v) is 17.5. The zero-order valence-electron chi connectivity index (χ0n) is 15.1. The maximum atomic E-state index is 6.15. The van der Waals surface area contributed by atoms with Gasteiger partial charge in [-0.1, -0.05) is 89.1 Å². The SMILES string of the molecule is Cc1ccc(-n2c(SCc3ccc(Cl)c(Cl)c3)nnc2-c2ccccc2)cc1. The van der Waals surface area contributed by atoms with Crippen molar-refractivity contribution >= 4 is 35.0 Å². The van der Waals surface area contributed by atoms with Crippen molar-refractivity contribution in [2.75, 3.05) is 0 Å². The summed E-state index contributed by atoms with van der Waals surface area (Å²) < 4.78 is 2.09. The Morgan fingerprint density at radius 1 is 0.857 bits per heavy atom. The number of hydrogen-bond acceptors (Lipinski definition) is 3. The van der Waals surface area contributed by atoms with Gasteiger partial charge in [-0.15, -0.1) is 10.2 Å². The summed E-state index contributed by atoms with van der Waals surface area (Å²) in [6.45, 7) is 2.08. The van der Waals surface area contributed by atoms with Crippen LogP contribution >= 0.6 is 35.0 Å². The molecular formula is C22H17Cl2N3S. The monoisotopic (exact) mass is 425 g/mol. The molecule has 1 heterocycles. The summed E-state index contributed by atoms with van der Waals surface area (Å²) >= 11 is 13.8. The minimum absolute atomic E-state index is 0.560. The highest BCUT2D eigenvalue weighted by atomic mass is 35.5. The molecule has 0 saturated heterocycles. The molecule has 0 aliphatic carbocycles. The molecule has 3 nitrogen and oxygen atoms in total. The summed E-state index contributed by atoms with van der Waals surface area (Å²) in [5.41, 5.74) is 4.35. The van der Waals surface area contributed by atoms with E-state index in [1.165, 1.54) is 5.56 Å². The Morgan fingerprint density at radius 2 is 1.61 bits per heavy atom. The minimum Gasteiger partial charge on any atom is -0.270 e. The molecule has 0 N–H and O–H groups in total. The predicted octanol–water partition coefficient (Wildman–Crippen LogP) is 6.84. The van der Waals surface area contributed by atoms with Gasteiger partial charge in [-0.25, -0.2) is 0 Å². The van der Waals surface area contributed by atoms with E-state index in [2.05, 4.69) is 46.0 Å². The van der Waals surface area contributed by atoms with E-state index in [9.17, 15) is 0 Å². The second-order valence-electron chi connectivity index (χ2n) is 6.38. The fourth-order valence-electron chi connectivity index (χ4n) is 2.84. The van der Waals surface area contributed by atoms with Gasteiger partial charge >= 0.3 is 0 Å². The third-order valence-corrected chi connectivity index (χ3v) is 6.05. The molecule has 0 aliphatic heterocycles. The van der Waals surface area contributed by atoms with Crippen LogP contribution in [0.15, 0.2) is 78.0 Å². The fourth-order valence-corrected chi connectivity index (χ4v) is 4.06. The zero-order chi connectivity index (χ0) is 19.5. The van der Waals surface area contributed by atoms with E-state index in [0.29, 0.717) is 10.0 Å². The second-order valence-corrected chi connectivity index (χ2v) is 8.14. The predicted molar refractivity (Wildman–Crippen MR) is 118 cm³/mol. The Kier molecular flexibility index (Phi) is 5.72. The first-order valence-electron chi connectivity index (χ1n) is 8.76. The summed E-state index contributed by atoms with van der Waals surface area (Å²) in [7, 11) is 0. The van der Waals surface area contributed by atoms with Gasteiger partial charge in [0, 0.05) is 17.0 Å². The highest BCUT2D eigenvalue weighted by molar-refractivity contribution is 7.98. The van der Waals surface area contributed by atoms with Crippen LogP contribution in [0.25, 0.3) is 17.1 Å². The van der Waals surface area contributed by atoms with Crippen LogP contribution in [0.1, 0.15) is 11.1 Å². The minimum atomic E-state index is 0.560. The Hall–Kier alpha value is -2.27. The molecule has 4 aromatic rings. The van der Waals surface area contributed by atoms with E-state index in [0.717, 1.165) is 33.5 Å². The molecule has 0 aliphatic rings. The van der Waals surface area contributed by atoms with Crippen molar-refractivity contribution in [1.82, 2.24) is 14.8 Å². The van der Waals surface area contributed by atoms with E-state index in [1.54, 1.807) is 11.8 Å². The molecule has 0 radical (unpaired) electrons. The third kappa shape index (κ3) is 4.09. The largest absolute Gasteiger partial charge is 0.270 e. The molecule has 0 amide bonds. The number of benzene rings is 3. The maximum absolute atomic E-state index is 6.15. The molecule has 0 spiro atoms. The summed E-state index contributed by atoms with van der Waals surface area (Å²) in [6.07, 6.45) is 0. The van der Waals surface area contributed by atoms with E-state index in [1.807, 2.05) is 48.5 Å². The van der Waals surface area contributed by atoms with Gasteiger partial charge in [0.25, 0.3) is 0 Å². The van der Waals surface area contributed by atoms with Crippen molar-refractivity contribution in [1.29, 1.82) is 0 Å². The summed E-state index contributed by atoms with van der Waals surface area (Å²) in [6, 6.07) is 24.2. The highest BCUT2D eigenvalue weighted by Gasteiger charge is 2.16. The number of nitrogens with zero attached hydrogens (tertiary/aromatic N) is 3. The van der Waals surface area contributed by atoms with Crippen molar-refractivity contribution in [2.45, 2.75) is 17.8 Å². The first kappa shape index (κ1) is 19.1. The Balaban J connectivity index is 1.71. The third-order valence-electron chi connectivity index (χ3n) is 4.31. The summed E-state index contributed by atoms with van der Waals surface area (Å²) in [5, 5.41) is 10.9. The van der Waals surface area contributed by atoms with Crippen molar-refractivity contribution in [3.8, 4) is 17.1 Å². The molecule has 6 heteroatoms. The lowest BCUT2D eigenvalue weighted by atomic mass is 10.2. The van der Waals surface area contributed by atoms with Crippen molar-refractivity contribution in [3.05, 3.63) is 94.0 Å². The Bertz CT molecular complexity index is 1090. The molecule has 3 aromatic carbocycles. The lowest BCUT2D eigenvalue weighted by molar-refractivity contribution is 0.885. The molecule has 0 fully saturated rings. The smallest absolute Gasteiger partial charge is 0.196 e. The van der Waals surface area contributed by atoms with Gasteiger partial charge in [0.2, 0.25) is 0 Å². The molecule has 0 bridgehead atoms. The standard InChI is InChI=1S/C22H17Cl2N3S/c1-15-7-10-18(11-8-15)27-21(17-5-3-2-4-6-17)25-26-22(27)28-14-16-9-12-19(23)20(24)13-16/h2-13H,14H2,1H3. The molecule has 0 atom stereocenters. The Labute approximate surface area is 178 Å². The quantitative estimate of drug-likeness (QED) is 0.327. The van der Waals surface area contributed by atoms with Gasteiger partial charge in [-0.05, 0) is 36.8 Å². The van der Waals surface area contributed by atoms with Gasteiger partial charge in [0.15, 0.2) is 11.0 Å². The van der Waals surface area contributed by atoms with Crippen LogP contribution in [0, 0.1) is 6.92 Å². The molecule has 0 unspecified atom stereocenters. The number of halogens is 2. The van der Waals surface area contributed by atoms with Gasteiger partial charge in [0.05, 0.1) is 10.0 Å². The van der Waals surface area contributed by atoms with E-state index in [4.69, 9.17) is 23.2 Å². The van der Waals surface area contributed by atoms with E-state index >= 15 is 0 Å². The second kappa shape index (κ2) is 8.39. The summed E-state index contributed by atoms with van der Waals surface area (Å²) in [4.78, 5) is 0. The van der Waals surface area contributed by atoms with Gasteiger partial charge in [-0.2, -0.15) is 0 Å². The van der Waals surface area contributed by atoms with Crippen LogP contribution in [-0.4, -0.2) is 14.8 Å². The van der Waals surface area contributed by atoms with E-state index < -0.39 is 0 Å².